The van der Waals surface area contributed by atoms with Crippen molar-refractivity contribution in [2.75, 3.05) is 0 Å². The molecule has 3 saturated carbocycles. The normalized spacial score (nSPS) is 45.8. The molecule has 4 aliphatic carbocycles. The Hall–Kier alpha value is -0.300. The van der Waals surface area contributed by atoms with E-state index in [-0.39, 0.29) is 6.10 Å². The lowest BCUT2D eigenvalue weighted by Crippen LogP contribution is -2.50. The van der Waals surface area contributed by atoms with Crippen LogP contribution in [0, 0.1) is 39.9 Å². The highest BCUT2D eigenvalue weighted by Crippen LogP contribution is 2.66. The fourth-order valence-corrected chi connectivity index (χ4v) is 8.27. The molecule has 0 aliphatic heterocycles. The first-order valence-electron chi connectivity index (χ1n) is 12.5. The van der Waals surface area contributed by atoms with Gasteiger partial charge in [-0.3, -0.25) is 0 Å². The molecule has 0 saturated heterocycles. The van der Waals surface area contributed by atoms with E-state index >= 15 is 0 Å². The van der Waals surface area contributed by atoms with Crippen molar-refractivity contribution in [2.45, 2.75) is 118 Å². The van der Waals surface area contributed by atoms with Gasteiger partial charge in [-0.05, 0) is 104 Å². The molecule has 4 rings (SSSR count). The van der Waals surface area contributed by atoms with Gasteiger partial charge >= 0.3 is 0 Å². The first kappa shape index (κ1) is 21.0. The third kappa shape index (κ3) is 3.63. The fourth-order valence-electron chi connectivity index (χ4n) is 8.27. The first-order valence-corrected chi connectivity index (χ1v) is 12.5. The number of aliphatic hydroxyl groups excluding tert-OH is 1. The molecule has 1 nitrogen and oxygen atoms in total. The maximum absolute atomic E-state index is 10.2. The van der Waals surface area contributed by atoms with Gasteiger partial charge in [0.15, 0.2) is 0 Å². The van der Waals surface area contributed by atoms with E-state index in [1.54, 1.807) is 5.57 Å². The standard InChI is InChI=1S/C27H46O/c1-25(2,3)15-7-6-8-19-10-12-23-22-11-9-20-18-21(28)13-16-27(20,5)24(22)14-17-26(19,23)4/h9,19,21-24,28H,6-8,10-18H2,1-5H3/t19-,21-,22-,23-,24-,26+,27-/m0/s1. The van der Waals surface area contributed by atoms with Crippen LogP contribution in [0.1, 0.15) is 112 Å². The molecular formula is C27H46O. The zero-order chi connectivity index (χ0) is 20.2. The maximum atomic E-state index is 10.2. The topological polar surface area (TPSA) is 20.2 Å². The van der Waals surface area contributed by atoms with Crippen LogP contribution in [0.5, 0.6) is 0 Å². The Kier molecular flexibility index (Phi) is 5.56. The van der Waals surface area contributed by atoms with Crippen LogP contribution >= 0.6 is 0 Å². The Balaban J connectivity index is 1.43. The third-order valence-electron chi connectivity index (χ3n) is 10.0. The van der Waals surface area contributed by atoms with E-state index in [1.165, 1.54) is 64.2 Å². The maximum Gasteiger partial charge on any atom is 0.0577 e. The number of allylic oxidation sites excluding steroid dienone is 1. The zero-order valence-corrected chi connectivity index (χ0v) is 19.4. The van der Waals surface area contributed by atoms with Crippen molar-refractivity contribution < 1.29 is 5.11 Å². The molecule has 1 N–H and O–H groups in total. The highest BCUT2D eigenvalue weighted by molar-refractivity contribution is 5.25. The molecule has 0 unspecified atom stereocenters. The Labute approximate surface area is 174 Å². The minimum absolute atomic E-state index is 0.0753. The zero-order valence-electron chi connectivity index (χ0n) is 19.4. The molecular weight excluding hydrogens is 340 g/mol. The summed E-state index contributed by atoms with van der Waals surface area (Å²) in [6.07, 6.45) is 18.6. The molecule has 0 aromatic heterocycles. The summed E-state index contributed by atoms with van der Waals surface area (Å²) in [7, 11) is 0. The SMILES string of the molecule is CC(C)(C)CCCC[C@H]1CC[C@H]2[C@@H]3CC=C4C[C@@H](O)CC[C@]4(C)[C@H]3CC[C@]12C. The van der Waals surface area contributed by atoms with E-state index in [1.807, 2.05) is 0 Å². The van der Waals surface area contributed by atoms with Gasteiger partial charge in [-0.15, -0.1) is 0 Å². The molecule has 0 heterocycles. The molecule has 1 heteroatoms. The van der Waals surface area contributed by atoms with E-state index in [2.05, 4.69) is 40.7 Å². The molecule has 3 fully saturated rings. The van der Waals surface area contributed by atoms with Gasteiger partial charge in [0, 0.05) is 0 Å². The second-order valence-electron chi connectivity index (χ2n) is 12.8. The molecule has 0 bridgehead atoms. The van der Waals surface area contributed by atoms with E-state index in [0.717, 1.165) is 36.5 Å². The summed E-state index contributed by atoms with van der Waals surface area (Å²) in [6.45, 7) is 12.4. The molecule has 0 aromatic rings. The van der Waals surface area contributed by atoms with Gasteiger partial charge in [0.2, 0.25) is 0 Å². The van der Waals surface area contributed by atoms with E-state index in [0.29, 0.717) is 16.2 Å². The van der Waals surface area contributed by atoms with Crippen LogP contribution in [-0.4, -0.2) is 11.2 Å². The molecule has 0 radical (unpaired) electrons. The second-order valence-corrected chi connectivity index (χ2v) is 12.8. The smallest absolute Gasteiger partial charge is 0.0577 e. The van der Waals surface area contributed by atoms with Crippen LogP contribution < -0.4 is 0 Å². The monoisotopic (exact) mass is 386 g/mol. The molecule has 4 aliphatic rings. The van der Waals surface area contributed by atoms with Crippen molar-refractivity contribution in [1.29, 1.82) is 0 Å². The molecule has 0 aromatic carbocycles. The molecule has 160 valence electrons. The number of unbranched alkanes of at least 4 members (excludes halogenated alkanes) is 1. The predicted octanol–water partition coefficient (Wildman–Crippen LogP) is 7.53. The van der Waals surface area contributed by atoms with E-state index < -0.39 is 0 Å². The minimum atomic E-state index is -0.0753. The molecule has 0 amide bonds. The average molecular weight is 387 g/mol. The van der Waals surface area contributed by atoms with Crippen LogP contribution in [-0.2, 0) is 0 Å². The fraction of sp³-hybridized carbons (Fsp3) is 0.926. The van der Waals surface area contributed by atoms with Gasteiger partial charge in [-0.25, -0.2) is 0 Å². The number of hydrogen-bond donors (Lipinski definition) is 1. The van der Waals surface area contributed by atoms with Crippen LogP contribution in [0.15, 0.2) is 11.6 Å². The van der Waals surface area contributed by atoms with Crippen molar-refractivity contribution >= 4 is 0 Å². The summed E-state index contributed by atoms with van der Waals surface area (Å²) >= 11 is 0. The summed E-state index contributed by atoms with van der Waals surface area (Å²) in [6, 6.07) is 0. The summed E-state index contributed by atoms with van der Waals surface area (Å²) in [5, 5.41) is 10.2. The summed E-state index contributed by atoms with van der Waals surface area (Å²) in [5.74, 6) is 3.74. The van der Waals surface area contributed by atoms with Gasteiger partial charge in [0.1, 0.15) is 0 Å². The van der Waals surface area contributed by atoms with Crippen molar-refractivity contribution in [2.24, 2.45) is 39.9 Å². The average Bonchev–Trinajstić information content (AvgIpc) is 2.95. The molecule has 0 spiro atoms. The van der Waals surface area contributed by atoms with Crippen LogP contribution in [0.3, 0.4) is 0 Å². The quantitative estimate of drug-likeness (QED) is 0.391. The minimum Gasteiger partial charge on any atom is -0.393 e. The predicted molar refractivity (Wildman–Crippen MR) is 119 cm³/mol. The number of rotatable bonds is 4. The molecule has 28 heavy (non-hydrogen) atoms. The lowest BCUT2D eigenvalue weighted by Gasteiger charge is -2.58. The summed E-state index contributed by atoms with van der Waals surface area (Å²) < 4.78 is 0. The van der Waals surface area contributed by atoms with Crippen LogP contribution in [0.4, 0.5) is 0 Å². The first-order chi connectivity index (χ1) is 13.1. The lowest BCUT2D eigenvalue weighted by molar-refractivity contribution is -0.0509. The van der Waals surface area contributed by atoms with E-state index in [4.69, 9.17) is 0 Å². The van der Waals surface area contributed by atoms with Crippen molar-refractivity contribution in [3.8, 4) is 0 Å². The van der Waals surface area contributed by atoms with Crippen LogP contribution in [0.2, 0.25) is 0 Å². The highest BCUT2D eigenvalue weighted by Gasteiger charge is 2.58. The molecule has 7 atom stereocenters. The van der Waals surface area contributed by atoms with Gasteiger partial charge in [-0.1, -0.05) is 59.1 Å². The number of aliphatic hydroxyl groups is 1. The highest BCUT2D eigenvalue weighted by atomic mass is 16.3. The Bertz CT molecular complexity index is 598. The van der Waals surface area contributed by atoms with Crippen molar-refractivity contribution in [3.63, 3.8) is 0 Å². The number of hydrogen-bond acceptors (Lipinski definition) is 1. The van der Waals surface area contributed by atoms with Gasteiger partial charge in [0.05, 0.1) is 6.10 Å². The number of fused-ring (bicyclic) bond motifs is 5. The van der Waals surface area contributed by atoms with Gasteiger partial charge < -0.3 is 5.11 Å². The Morgan fingerprint density at radius 1 is 1.00 bits per heavy atom. The second kappa shape index (κ2) is 7.44. The van der Waals surface area contributed by atoms with Crippen molar-refractivity contribution in [1.82, 2.24) is 0 Å². The Morgan fingerprint density at radius 2 is 1.79 bits per heavy atom. The third-order valence-corrected chi connectivity index (χ3v) is 10.0. The largest absolute Gasteiger partial charge is 0.393 e. The summed E-state index contributed by atoms with van der Waals surface area (Å²) in [5.41, 5.74) is 3.12. The van der Waals surface area contributed by atoms with Gasteiger partial charge in [0.25, 0.3) is 0 Å². The van der Waals surface area contributed by atoms with Gasteiger partial charge in [-0.2, -0.15) is 0 Å². The van der Waals surface area contributed by atoms with Crippen molar-refractivity contribution in [3.05, 3.63) is 11.6 Å². The van der Waals surface area contributed by atoms with Crippen LogP contribution in [0.25, 0.3) is 0 Å². The van der Waals surface area contributed by atoms with E-state index in [9.17, 15) is 5.11 Å². The lowest BCUT2D eigenvalue weighted by atomic mass is 9.47. The Morgan fingerprint density at radius 3 is 2.54 bits per heavy atom. The summed E-state index contributed by atoms with van der Waals surface area (Å²) in [4.78, 5) is 0.